The third-order valence-corrected chi connectivity index (χ3v) is 9.46. The first-order valence-electron chi connectivity index (χ1n) is 17.2. The van der Waals surface area contributed by atoms with Crippen molar-refractivity contribution >= 4 is 22.6 Å². The Kier molecular flexibility index (Phi) is 9.21. The van der Waals surface area contributed by atoms with Crippen LogP contribution < -0.4 is 20.2 Å². The average molecular weight is 709 g/mol. The monoisotopic (exact) mass is 708 g/mol. The number of amides is 1. The molecule has 0 radical (unpaired) electrons. The van der Waals surface area contributed by atoms with Crippen LogP contribution in [0.5, 0.6) is 11.5 Å². The van der Waals surface area contributed by atoms with E-state index in [0.717, 1.165) is 44.7 Å². The standard InChI is InChI=1S/C40H36N8O5/c1-51-36-20-32(33(21-37(36)52-2)42-40(50)38-22-34(49)31-5-3-4-6-35(31)53-38)39-43-45-48(44-39)30-11-8-26(9-12-30)13-16-46-17-14-28-19-27(7-10-29(28)24-46)23-47-18-15-41-25-47/h3-12,15,18-22,25H,13-14,16-17,23-24H2,1-2H3,(H,42,50). The number of nitrogens with one attached hydrogen (secondary N) is 1. The summed E-state index contributed by atoms with van der Waals surface area (Å²) in [6.07, 6.45) is 7.61. The fourth-order valence-electron chi connectivity index (χ4n) is 6.63. The van der Waals surface area contributed by atoms with Crippen LogP contribution >= 0.6 is 0 Å². The van der Waals surface area contributed by atoms with Gasteiger partial charge in [0.1, 0.15) is 5.58 Å². The Labute approximate surface area is 304 Å². The Morgan fingerprint density at radius 3 is 2.55 bits per heavy atom. The van der Waals surface area contributed by atoms with Crippen LogP contribution in [-0.2, 0) is 25.9 Å². The summed E-state index contributed by atoms with van der Waals surface area (Å²) in [5, 5.41) is 16.4. The number of imidazole rings is 1. The molecule has 3 aromatic heterocycles. The van der Waals surface area contributed by atoms with E-state index in [0.29, 0.717) is 33.7 Å². The van der Waals surface area contributed by atoms with Crippen LogP contribution in [0.25, 0.3) is 28.0 Å². The largest absolute Gasteiger partial charge is 0.493 e. The molecular weight excluding hydrogens is 672 g/mol. The summed E-state index contributed by atoms with van der Waals surface area (Å²) >= 11 is 0. The molecule has 0 bridgehead atoms. The van der Waals surface area contributed by atoms with Gasteiger partial charge in [-0.3, -0.25) is 14.5 Å². The fraction of sp³-hybridized carbons (Fsp3) is 0.200. The number of methoxy groups -OCH3 is 2. The molecule has 13 heteroatoms. The van der Waals surface area contributed by atoms with E-state index in [9.17, 15) is 9.59 Å². The molecular formula is C40H36N8O5. The molecule has 8 rings (SSSR count). The number of tetrazole rings is 1. The topological polar surface area (TPSA) is 142 Å². The van der Waals surface area contributed by atoms with E-state index in [1.54, 1.807) is 36.4 Å². The Morgan fingerprint density at radius 2 is 1.74 bits per heavy atom. The summed E-state index contributed by atoms with van der Waals surface area (Å²) in [4.78, 5) is 34.2. The van der Waals surface area contributed by atoms with Gasteiger partial charge in [0.05, 0.1) is 42.9 Å². The number of benzene rings is 4. The Morgan fingerprint density at radius 1 is 0.925 bits per heavy atom. The van der Waals surface area contributed by atoms with E-state index in [1.807, 2.05) is 30.9 Å². The second kappa shape index (κ2) is 14.6. The number of anilines is 1. The number of hydrogen-bond donors (Lipinski definition) is 1. The number of aromatic nitrogens is 6. The quantitative estimate of drug-likeness (QED) is 0.182. The van der Waals surface area contributed by atoms with Crippen LogP contribution in [-0.4, -0.2) is 67.9 Å². The second-order valence-corrected chi connectivity index (χ2v) is 12.9. The third-order valence-electron chi connectivity index (χ3n) is 9.46. The highest BCUT2D eigenvalue weighted by molar-refractivity contribution is 6.05. The highest BCUT2D eigenvalue weighted by Gasteiger charge is 2.21. The molecule has 1 aliphatic heterocycles. The maximum absolute atomic E-state index is 13.4. The van der Waals surface area contributed by atoms with Gasteiger partial charge in [0.2, 0.25) is 5.82 Å². The normalized spacial score (nSPS) is 12.8. The van der Waals surface area contributed by atoms with Crippen molar-refractivity contribution < 1.29 is 18.7 Å². The molecule has 0 aliphatic carbocycles. The number of hydrogen-bond acceptors (Lipinski definition) is 10. The lowest BCUT2D eigenvalue weighted by atomic mass is 9.97. The lowest BCUT2D eigenvalue weighted by Gasteiger charge is -2.29. The van der Waals surface area contributed by atoms with Crippen molar-refractivity contribution in [3.8, 4) is 28.6 Å². The maximum Gasteiger partial charge on any atom is 0.291 e. The number of nitrogens with zero attached hydrogens (tertiary/aromatic N) is 7. The van der Waals surface area contributed by atoms with Crippen LogP contribution in [0.3, 0.4) is 0 Å². The molecule has 1 N–H and O–H groups in total. The molecule has 7 aromatic rings. The van der Waals surface area contributed by atoms with E-state index < -0.39 is 5.91 Å². The summed E-state index contributed by atoms with van der Waals surface area (Å²) in [6, 6.07) is 26.1. The second-order valence-electron chi connectivity index (χ2n) is 12.9. The first-order chi connectivity index (χ1) is 25.9. The SMILES string of the molecule is COc1cc(NC(=O)c2cc(=O)c3ccccc3o2)c(-c2nnn(-c3ccc(CCN4CCc5cc(Cn6ccnc6)ccc5C4)cc3)n2)cc1OC. The van der Waals surface area contributed by atoms with Gasteiger partial charge in [0, 0.05) is 50.7 Å². The van der Waals surface area contributed by atoms with Gasteiger partial charge in [-0.25, -0.2) is 4.98 Å². The summed E-state index contributed by atoms with van der Waals surface area (Å²) < 4.78 is 18.9. The summed E-state index contributed by atoms with van der Waals surface area (Å²) in [5.41, 5.74) is 6.80. The molecule has 0 atom stereocenters. The van der Waals surface area contributed by atoms with Crippen molar-refractivity contribution in [1.82, 2.24) is 34.7 Å². The van der Waals surface area contributed by atoms with Gasteiger partial charge in [-0.05, 0) is 70.6 Å². The van der Waals surface area contributed by atoms with E-state index in [2.05, 4.69) is 65.5 Å². The van der Waals surface area contributed by atoms with Gasteiger partial charge < -0.3 is 23.8 Å². The number of para-hydroxylation sites is 1. The third kappa shape index (κ3) is 7.14. The number of fused-ring (bicyclic) bond motifs is 2. The van der Waals surface area contributed by atoms with Crippen molar-refractivity contribution in [3.05, 3.63) is 142 Å². The zero-order valence-corrected chi connectivity index (χ0v) is 29.2. The van der Waals surface area contributed by atoms with E-state index >= 15 is 0 Å². The van der Waals surface area contributed by atoms with Crippen LogP contribution in [0.2, 0.25) is 0 Å². The molecule has 0 saturated carbocycles. The smallest absolute Gasteiger partial charge is 0.291 e. The Bertz CT molecular complexity index is 2470. The summed E-state index contributed by atoms with van der Waals surface area (Å²) in [6.45, 7) is 3.76. The van der Waals surface area contributed by atoms with Gasteiger partial charge in [-0.1, -0.05) is 42.5 Å². The van der Waals surface area contributed by atoms with Gasteiger partial charge in [-0.2, -0.15) is 0 Å². The van der Waals surface area contributed by atoms with Crippen LogP contribution in [0.4, 0.5) is 5.69 Å². The molecule has 13 nitrogen and oxygen atoms in total. The molecule has 53 heavy (non-hydrogen) atoms. The van der Waals surface area contributed by atoms with Crippen molar-refractivity contribution in [2.75, 3.05) is 32.6 Å². The molecule has 4 heterocycles. The van der Waals surface area contributed by atoms with Crippen LogP contribution in [0.1, 0.15) is 32.8 Å². The minimum absolute atomic E-state index is 0.146. The van der Waals surface area contributed by atoms with Gasteiger partial charge >= 0.3 is 0 Å². The predicted molar refractivity (Wildman–Crippen MR) is 199 cm³/mol. The molecule has 0 spiro atoms. The Hall–Kier alpha value is -6.60. The molecule has 1 amide bonds. The lowest BCUT2D eigenvalue weighted by Crippen LogP contribution is -2.32. The molecule has 4 aromatic carbocycles. The first kappa shape index (κ1) is 33.5. The van der Waals surface area contributed by atoms with Crippen molar-refractivity contribution in [2.45, 2.75) is 25.9 Å². The number of rotatable bonds is 11. The number of carbonyl (C=O) groups excluding carboxylic acids is 1. The minimum Gasteiger partial charge on any atom is -0.493 e. The number of ether oxygens (including phenoxy) is 2. The van der Waals surface area contributed by atoms with E-state index in [-0.39, 0.29) is 17.0 Å². The van der Waals surface area contributed by atoms with Crippen LogP contribution in [0, 0.1) is 0 Å². The van der Waals surface area contributed by atoms with Gasteiger partial charge in [-0.15, -0.1) is 15.0 Å². The minimum atomic E-state index is -0.631. The van der Waals surface area contributed by atoms with Crippen molar-refractivity contribution in [3.63, 3.8) is 0 Å². The van der Waals surface area contributed by atoms with Crippen molar-refractivity contribution in [1.29, 1.82) is 0 Å². The van der Waals surface area contributed by atoms with Crippen LogP contribution in [0.15, 0.2) is 113 Å². The fourth-order valence-corrected chi connectivity index (χ4v) is 6.63. The molecule has 0 fully saturated rings. The zero-order chi connectivity index (χ0) is 36.3. The van der Waals surface area contributed by atoms with E-state index in [1.165, 1.54) is 47.3 Å². The molecule has 1 aliphatic rings. The Balaban J connectivity index is 0.953. The van der Waals surface area contributed by atoms with Gasteiger partial charge in [0.25, 0.3) is 5.91 Å². The zero-order valence-electron chi connectivity index (χ0n) is 29.2. The summed E-state index contributed by atoms with van der Waals surface area (Å²) in [7, 11) is 3.01. The average Bonchev–Trinajstić information content (AvgIpc) is 3.90. The first-order valence-corrected chi connectivity index (χ1v) is 17.2. The number of carbonyl (C=O) groups is 1. The highest BCUT2D eigenvalue weighted by atomic mass is 16.5. The predicted octanol–water partition coefficient (Wildman–Crippen LogP) is 5.55. The molecule has 266 valence electrons. The van der Waals surface area contributed by atoms with Gasteiger partial charge in [0.15, 0.2) is 22.7 Å². The molecule has 0 saturated heterocycles. The highest BCUT2D eigenvalue weighted by Crippen LogP contribution is 2.38. The van der Waals surface area contributed by atoms with Crippen molar-refractivity contribution in [2.24, 2.45) is 0 Å². The summed E-state index contributed by atoms with van der Waals surface area (Å²) in [5.74, 6) is 0.246. The molecule has 0 unspecified atom stereocenters. The lowest BCUT2D eigenvalue weighted by molar-refractivity contribution is 0.0997. The van der Waals surface area contributed by atoms with E-state index in [4.69, 9.17) is 13.9 Å². The maximum atomic E-state index is 13.4.